The van der Waals surface area contributed by atoms with Crippen molar-refractivity contribution in [2.45, 2.75) is 26.3 Å². The minimum atomic E-state index is -0.00405. The second-order valence-corrected chi connectivity index (χ2v) is 6.22. The molecule has 0 radical (unpaired) electrons. The predicted molar refractivity (Wildman–Crippen MR) is 81.7 cm³/mol. The number of carbonyl (C=O) groups excluding carboxylic acids is 2. The lowest BCUT2D eigenvalue weighted by atomic mass is 10.0. The Morgan fingerprint density at radius 3 is 2.80 bits per heavy atom. The van der Waals surface area contributed by atoms with Crippen LogP contribution >= 0.6 is 15.9 Å². The number of halogens is 1. The Balaban J connectivity index is 2.19. The Labute approximate surface area is 127 Å². The maximum absolute atomic E-state index is 12.2. The second kappa shape index (κ2) is 5.95. The average molecular weight is 339 g/mol. The lowest BCUT2D eigenvalue weighted by molar-refractivity contribution is -0.117. The van der Waals surface area contributed by atoms with Gasteiger partial charge in [0.15, 0.2) is 0 Å². The van der Waals surface area contributed by atoms with Crippen molar-refractivity contribution in [3.05, 3.63) is 33.8 Å². The molecule has 1 aliphatic heterocycles. The van der Waals surface area contributed by atoms with E-state index in [1.165, 1.54) is 5.56 Å². The highest BCUT2D eigenvalue weighted by molar-refractivity contribution is 9.10. The Bertz CT molecular complexity index is 545. The van der Waals surface area contributed by atoms with Crippen molar-refractivity contribution < 1.29 is 9.59 Å². The van der Waals surface area contributed by atoms with Crippen molar-refractivity contribution in [2.24, 2.45) is 0 Å². The lowest BCUT2D eigenvalue weighted by Crippen LogP contribution is -2.31. The molecule has 1 fully saturated rings. The van der Waals surface area contributed by atoms with Crippen LogP contribution in [0.1, 0.15) is 30.5 Å². The average Bonchev–Trinajstić information content (AvgIpc) is 2.67. The summed E-state index contributed by atoms with van der Waals surface area (Å²) < 4.78 is 1.01. The van der Waals surface area contributed by atoms with Gasteiger partial charge in [-0.15, -0.1) is 0 Å². The Morgan fingerprint density at radius 2 is 2.15 bits per heavy atom. The topological polar surface area (TPSA) is 40.6 Å². The first-order valence-corrected chi connectivity index (χ1v) is 7.46. The van der Waals surface area contributed by atoms with Gasteiger partial charge in [-0.2, -0.15) is 0 Å². The van der Waals surface area contributed by atoms with Crippen molar-refractivity contribution in [3.63, 3.8) is 0 Å². The molecule has 0 N–H and O–H groups in total. The van der Waals surface area contributed by atoms with Gasteiger partial charge in [-0.25, -0.2) is 4.79 Å². The minimum Gasteiger partial charge on any atom is -0.322 e. The number of carbonyl (C=O) groups is 2. The van der Waals surface area contributed by atoms with E-state index in [4.69, 9.17) is 0 Å². The molecule has 1 aromatic carbocycles. The van der Waals surface area contributed by atoms with Gasteiger partial charge in [0, 0.05) is 31.0 Å². The summed E-state index contributed by atoms with van der Waals surface area (Å²) in [6, 6.07) is 6.17. The highest BCUT2D eigenvalue weighted by Gasteiger charge is 2.35. The zero-order chi connectivity index (χ0) is 14.9. The number of nitrogens with zero attached hydrogens (tertiary/aromatic N) is 2. The SMILES string of the molecule is CC(=O)CCN1CC(c2cc(Br)ccc2C)N(C)C1=O. The van der Waals surface area contributed by atoms with E-state index in [0.717, 1.165) is 10.0 Å². The van der Waals surface area contributed by atoms with E-state index in [1.54, 1.807) is 16.7 Å². The first-order valence-electron chi connectivity index (χ1n) is 6.67. The van der Waals surface area contributed by atoms with Crippen molar-refractivity contribution in [1.82, 2.24) is 9.80 Å². The zero-order valence-electron chi connectivity index (χ0n) is 12.0. The second-order valence-electron chi connectivity index (χ2n) is 5.31. The Kier molecular flexibility index (Phi) is 4.48. The van der Waals surface area contributed by atoms with E-state index in [0.29, 0.717) is 19.5 Å². The fourth-order valence-corrected chi connectivity index (χ4v) is 2.90. The van der Waals surface area contributed by atoms with Gasteiger partial charge in [0.05, 0.1) is 6.04 Å². The third-order valence-corrected chi connectivity index (χ3v) is 4.26. The molecule has 0 saturated carbocycles. The van der Waals surface area contributed by atoms with Crippen LogP contribution in [-0.4, -0.2) is 41.8 Å². The van der Waals surface area contributed by atoms with Crippen LogP contribution in [0.25, 0.3) is 0 Å². The van der Waals surface area contributed by atoms with Gasteiger partial charge in [0.1, 0.15) is 5.78 Å². The van der Waals surface area contributed by atoms with Gasteiger partial charge in [-0.05, 0) is 37.1 Å². The van der Waals surface area contributed by atoms with Crippen molar-refractivity contribution in [1.29, 1.82) is 0 Å². The summed E-state index contributed by atoms with van der Waals surface area (Å²) in [5, 5.41) is 0. The number of likely N-dealkylation sites (N-methyl/N-ethyl adjacent to an activating group) is 1. The van der Waals surface area contributed by atoms with Crippen LogP contribution in [0.4, 0.5) is 4.79 Å². The molecule has 1 heterocycles. The van der Waals surface area contributed by atoms with Gasteiger partial charge in [-0.3, -0.25) is 4.79 Å². The number of hydrogen-bond acceptors (Lipinski definition) is 2. The molecule has 1 aromatic rings. The van der Waals surface area contributed by atoms with Crippen molar-refractivity contribution >= 4 is 27.7 Å². The van der Waals surface area contributed by atoms with Crippen molar-refractivity contribution in [3.8, 4) is 0 Å². The monoisotopic (exact) mass is 338 g/mol. The third-order valence-electron chi connectivity index (χ3n) is 3.77. The molecule has 0 aliphatic carbocycles. The molecule has 4 nitrogen and oxygen atoms in total. The van der Waals surface area contributed by atoms with Gasteiger partial charge in [0.25, 0.3) is 0 Å². The van der Waals surface area contributed by atoms with Gasteiger partial charge in [-0.1, -0.05) is 22.0 Å². The molecule has 0 aromatic heterocycles. The van der Waals surface area contributed by atoms with Crippen LogP contribution in [0.5, 0.6) is 0 Å². The Morgan fingerprint density at radius 1 is 1.45 bits per heavy atom. The molecule has 108 valence electrons. The fourth-order valence-electron chi connectivity index (χ4n) is 2.52. The molecular weight excluding hydrogens is 320 g/mol. The quantitative estimate of drug-likeness (QED) is 0.846. The maximum Gasteiger partial charge on any atom is 0.320 e. The van der Waals surface area contributed by atoms with Crippen LogP contribution in [-0.2, 0) is 4.79 Å². The normalized spacial score (nSPS) is 18.8. The summed E-state index contributed by atoms with van der Waals surface area (Å²) in [5.74, 6) is 0.113. The molecular formula is C15H19BrN2O2. The Hall–Kier alpha value is -1.36. The molecule has 1 saturated heterocycles. The van der Waals surface area contributed by atoms with E-state index >= 15 is 0 Å². The number of hydrogen-bond donors (Lipinski definition) is 0. The lowest BCUT2D eigenvalue weighted by Gasteiger charge is -2.20. The summed E-state index contributed by atoms with van der Waals surface area (Å²) in [7, 11) is 1.82. The number of urea groups is 1. The summed E-state index contributed by atoms with van der Waals surface area (Å²) >= 11 is 3.48. The molecule has 5 heteroatoms. The molecule has 1 aliphatic rings. The smallest absolute Gasteiger partial charge is 0.320 e. The first kappa shape index (κ1) is 15.0. The third kappa shape index (κ3) is 3.03. The number of Topliss-reactive ketones (excluding diaryl/α,β-unsaturated/α-hetero) is 1. The summed E-state index contributed by atoms with van der Waals surface area (Å²) in [4.78, 5) is 26.8. The highest BCUT2D eigenvalue weighted by atomic mass is 79.9. The van der Waals surface area contributed by atoms with Gasteiger partial charge < -0.3 is 9.80 Å². The van der Waals surface area contributed by atoms with Crippen LogP contribution in [0.15, 0.2) is 22.7 Å². The molecule has 1 unspecified atom stereocenters. The standard InChI is InChI=1S/C15H19BrN2O2/c1-10-4-5-12(16)8-13(10)14-9-18(7-6-11(2)19)15(20)17(14)3/h4-5,8,14H,6-7,9H2,1-3H3. The van der Waals surface area contributed by atoms with E-state index < -0.39 is 0 Å². The number of ketones is 1. The van der Waals surface area contributed by atoms with E-state index in [-0.39, 0.29) is 17.9 Å². The van der Waals surface area contributed by atoms with Crippen LogP contribution in [0.2, 0.25) is 0 Å². The number of rotatable bonds is 4. The van der Waals surface area contributed by atoms with Gasteiger partial charge in [0.2, 0.25) is 0 Å². The number of amides is 2. The molecule has 20 heavy (non-hydrogen) atoms. The van der Waals surface area contributed by atoms with Crippen LogP contribution < -0.4 is 0 Å². The molecule has 1 atom stereocenters. The minimum absolute atomic E-state index is 0.00405. The van der Waals surface area contributed by atoms with E-state index in [2.05, 4.69) is 35.0 Å². The fraction of sp³-hybridized carbons (Fsp3) is 0.467. The van der Waals surface area contributed by atoms with E-state index in [1.807, 2.05) is 13.1 Å². The first-order chi connectivity index (χ1) is 9.40. The number of aryl methyl sites for hydroxylation is 1. The van der Waals surface area contributed by atoms with Crippen LogP contribution in [0.3, 0.4) is 0 Å². The summed E-state index contributed by atoms with van der Waals surface area (Å²) in [6.45, 7) is 4.75. The van der Waals surface area contributed by atoms with Crippen molar-refractivity contribution in [2.75, 3.05) is 20.1 Å². The largest absolute Gasteiger partial charge is 0.322 e. The molecule has 0 spiro atoms. The van der Waals surface area contributed by atoms with E-state index in [9.17, 15) is 9.59 Å². The highest BCUT2D eigenvalue weighted by Crippen LogP contribution is 2.31. The van der Waals surface area contributed by atoms with Gasteiger partial charge >= 0.3 is 6.03 Å². The predicted octanol–water partition coefficient (Wildman–Crippen LogP) is 3.15. The molecule has 2 amide bonds. The number of benzene rings is 1. The summed E-state index contributed by atoms with van der Waals surface area (Å²) in [6.07, 6.45) is 0.420. The molecule has 2 rings (SSSR count). The maximum atomic E-state index is 12.2. The zero-order valence-corrected chi connectivity index (χ0v) is 13.6. The van der Waals surface area contributed by atoms with Crippen LogP contribution in [0, 0.1) is 6.92 Å². The molecule has 0 bridgehead atoms. The summed E-state index contributed by atoms with van der Waals surface area (Å²) in [5.41, 5.74) is 2.33.